The van der Waals surface area contributed by atoms with E-state index in [1.807, 2.05) is 11.6 Å². The predicted octanol–water partition coefficient (Wildman–Crippen LogP) is 3.11. The van der Waals surface area contributed by atoms with Gasteiger partial charge in [0.1, 0.15) is 11.6 Å². The van der Waals surface area contributed by atoms with E-state index in [0.29, 0.717) is 18.3 Å². The highest BCUT2D eigenvalue weighted by atomic mass is 19.4. The first kappa shape index (κ1) is 14.8. The molecule has 0 saturated heterocycles. The molecule has 2 aromatic rings. The van der Waals surface area contributed by atoms with Crippen molar-refractivity contribution in [3.8, 4) is 0 Å². The smallest absolute Gasteiger partial charge is 0.363 e. The predicted molar refractivity (Wildman–Crippen MR) is 74.2 cm³/mol. The van der Waals surface area contributed by atoms with Gasteiger partial charge in [-0.25, -0.2) is 4.98 Å². The Bertz CT molecular complexity index is 643. The van der Waals surface area contributed by atoms with Crippen molar-refractivity contribution in [2.45, 2.75) is 37.9 Å². The van der Waals surface area contributed by atoms with Crippen LogP contribution in [-0.2, 0) is 19.8 Å². The van der Waals surface area contributed by atoms with Crippen LogP contribution in [0, 0.1) is 0 Å². The molecular weight excluding hydrogens is 295 g/mol. The summed E-state index contributed by atoms with van der Waals surface area (Å²) in [7, 11) is 1.91. The van der Waals surface area contributed by atoms with Gasteiger partial charge in [0.15, 0.2) is 5.82 Å². The Labute approximate surface area is 125 Å². The van der Waals surface area contributed by atoms with Gasteiger partial charge in [0.05, 0.1) is 12.1 Å². The topological polar surface area (TPSA) is 55.6 Å². The van der Waals surface area contributed by atoms with Crippen LogP contribution in [0.5, 0.6) is 0 Å². The van der Waals surface area contributed by atoms with Crippen molar-refractivity contribution in [1.82, 2.24) is 19.7 Å². The Morgan fingerprint density at radius 3 is 2.59 bits per heavy atom. The van der Waals surface area contributed by atoms with Gasteiger partial charge in [-0.15, -0.1) is 10.2 Å². The van der Waals surface area contributed by atoms with E-state index in [9.17, 15) is 13.2 Å². The molecule has 0 atom stereocenters. The van der Waals surface area contributed by atoms with Crippen LogP contribution in [0.2, 0.25) is 0 Å². The summed E-state index contributed by atoms with van der Waals surface area (Å²) in [6.07, 6.45) is -0.0497. The average Bonchev–Trinajstić information content (AvgIpc) is 2.76. The maximum atomic E-state index is 12.5. The van der Waals surface area contributed by atoms with Crippen molar-refractivity contribution in [1.29, 1.82) is 0 Å². The number of pyridine rings is 1. The lowest BCUT2D eigenvalue weighted by atomic mass is 9.85. The Hall–Kier alpha value is -2.12. The highest BCUT2D eigenvalue weighted by Crippen LogP contribution is 2.35. The standard InChI is InChI=1S/C14H16F3N5/c1-22-12(20-21-13(22)9-3-2-4-9)8-19-11-6-5-10(7-18-11)14(15,16)17/h5-7,9H,2-4,8H2,1H3,(H,18,19). The zero-order valence-corrected chi connectivity index (χ0v) is 12.1. The van der Waals surface area contributed by atoms with Gasteiger partial charge < -0.3 is 9.88 Å². The summed E-state index contributed by atoms with van der Waals surface area (Å²) in [4.78, 5) is 3.77. The molecule has 0 aromatic carbocycles. The molecule has 0 spiro atoms. The molecule has 0 radical (unpaired) electrons. The summed E-state index contributed by atoms with van der Waals surface area (Å²) < 4.78 is 39.3. The molecule has 1 N–H and O–H groups in total. The summed E-state index contributed by atoms with van der Waals surface area (Å²) in [6.45, 7) is 0.370. The van der Waals surface area contributed by atoms with Crippen molar-refractivity contribution in [3.63, 3.8) is 0 Å². The van der Waals surface area contributed by atoms with Crippen LogP contribution in [0.15, 0.2) is 18.3 Å². The minimum absolute atomic E-state index is 0.370. The SMILES string of the molecule is Cn1c(CNc2ccc(C(F)(F)F)cn2)nnc1C1CCC1. The van der Waals surface area contributed by atoms with E-state index in [4.69, 9.17) is 0 Å². The fraction of sp³-hybridized carbons (Fsp3) is 0.500. The number of aromatic nitrogens is 4. The molecule has 2 heterocycles. The largest absolute Gasteiger partial charge is 0.417 e. The molecule has 2 aromatic heterocycles. The molecule has 0 unspecified atom stereocenters. The van der Waals surface area contributed by atoms with Gasteiger partial charge in [0.2, 0.25) is 0 Å². The fourth-order valence-electron chi connectivity index (χ4n) is 2.39. The normalized spacial score (nSPS) is 15.6. The van der Waals surface area contributed by atoms with Gasteiger partial charge in [-0.1, -0.05) is 6.42 Å². The maximum Gasteiger partial charge on any atom is 0.417 e. The molecule has 5 nitrogen and oxygen atoms in total. The minimum Gasteiger partial charge on any atom is -0.363 e. The second-order valence-electron chi connectivity index (χ2n) is 5.44. The number of nitrogens with one attached hydrogen (secondary N) is 1. The van der Waals surface area contributed by atoms with Crippen LogP contribution in [-0.4, -0.2) is 19.7 Å². The van der Waals surface area contributed by atoms with Crippen LogP contribution < -0.4 is 5.32 Å². The monoisotopic (exact) mass is 311 g/mol. The van der Waals surface area contributed by atoms with Gasteiger partial charge in [-0.05, 0) is 25.0 Å². The number of anilines is 1. The lowest BCUT2D eigenvalue weighted by Crippen LogP contribution is -2.15. The van der Waals surface area contributed by atoms with Crippen molar-refractivity contribution in [2.75, 3.05) is 5.32 Å². The van der Waals surface area contributed by atoms with Crippen LogP contribution in [0.1, 0.15) is 42.4 Å². The van der Waals surface area contributed by atoms with Crippen LogP contribution in [0.3, 0.4) is 0 Å². The Morgan fingerprint density at radius 2 is 2.05 bits per heavy atom. The Kier molecular flexibility index (Phi) is 3.76. The highest BCUT2D eigenvalue weighted by Gasteiger charge is 2.30. The second kappa shape index (κ2) is 5.58. The summed E-state index contributed by atoms with van der Waals surface area (Å²) in [6, 6.07) is 2.32. The van der Waals surface area contributed by atoms with E-state index in [0.717, 1.165) is 36.8 Å². The second-order valence-corrected chi connectivity index (χ2v) is 5.44. The molecule has 0 amide bonds. The summed E-state index contributed by atoms with van der Waals surface area (Å²) in [5, 5.41) is 11.3. The third-order valence-corrected chi connectivity index (χ3v) is 3.99. The number of alkyl halides is 3. The number of hydrogen-bond acceptors (Lipinski definition) is 4. The number of nitrogens with zero attached hydrogens (tertiary/aromatic N) is 4. The fourth-order valence-corrected chi connectivity index (χ4v) is 2.39. The van der Waals surface area contributed by atoms with Gasteiger partial charge in [-0.2, -0.15) is 13.2 Å². The molecule has 0 bridgehead atoms. The summed E-state index contributed by atoms with van der Waals surface area (Å²) in [5.41, 5.74) is -0.760. The van der Waals surface area contributed by atoms with E-state index >= 15 is 0 Å². The molecule has 1 aliphatic rings. The van der Waals surface area contributed by atoms with Crippen molar-refractivity contribution in [3.05, 3.63) is 35.5 Å². The third-order valence-electron chi connectivity index (χ3n) is 3.99. The van der Waals surface area contributed by atoms with Crippen molar-refractivity contribution in [2.24, 2.45) is 7.05 Å². The van der Waals surface area contributed by atoms with Crippen LogP contribution >= 0.6 is 0 Å². The van der Waals surface area contributed by atoms with Crippen LogP contribution in [0.4, 0.5) is 19.0 Å². The van der Waals surface area contributed by atoms with Gasteiger partial charge >= 0.3 is 6.18 Å². The third kappa shape index (κ3) is 2.90. The van der Waals surface area contributed by atoms with E-state index in [1.165, 1.54) is 12.5 Å². The van der Waals surface area contributed by atoms with Gasteiger partial charge in [0, 0.05) is 19.2 Å². The quantitative estimate of drug-likeness (QED) is 0.942. The lowest BCUT2D eigenvalue weighted by molar-refractivity contribution is -0.137. The molecule has 8 heteroatoms. The lowest BCUT2D eigenvalue weighted by Gasteiger charge is -2.24. The van der Waals surface area contributed by atoms with Crippen molar-refractivity contribution < 1.29 is 13.2 Å². The first-order valence-electron chi connectivity index (χ1n) is 7.10. The zero-order chi connectivity index (χ0) is 15.7. The number of halogens is 3. The first-order valence-corrected chi connectivity index (χ1v) is 7.10. The molecular formula is C14H16F3N5. The van der Waals surface area contributed by atoms with Crippen LogP contribution in [0.25, 0.3) is 0 Å². The molecule has 22 heavy (non-hydrogen) atoms. The van der Waals surface area contributed by atoms with E-state index in [2.05, 4.69) is 20.5 Å². The van der Waals surface area contributed by atoms with Gasteiger partial charge in [-0.3, -0.25) is 0 Å². The molecule has 1 saturated carbocycles. The van der Waals surface area contributed by atoms with E-state index < -0.39 is 11.7 Å². The maximum absolute atomic E-state index is 12.5. The summed E-state index contributed by atoms with van der Waals surface area (Å²) >= 11 is 0. The highest BCUT2D eigenvalue weighted by molar-refractivity contribution is 5.36. The number of rotatable bonds is 4. The average molecular weight is 311 g/mol. The van der Waals surface area contributed by atoms with E-state index in [1.54, 1.807) is 0 Å². The molecule has 1 aliphatic carbocycles. The minimum atomic E-state index is -4.37. The molecule has 1 fully saturated rings. The molecule has 0 aliphatic heterocycles. The van der Waals surface area contributed by atoms with Gasteiger partial charge in [0.25, 0.3) is 0 Å². The van der Waals surface area contributed by atoms with E-state index in [-0.39, 0.29) is 0 Å². The molecule has 118 valence electrons. The summed E-state index contributed by atoms with van der Waals surface area (Å²) in [5.74, 6) is 2.57. The van der Waals surface area contributed by atoms with Crippen molar-refractivity contribution >= 4 is 5.82 Å². The Morgan fingerprint density at radius 1 is 1.27 bits per heavy atom. The Balaban J connectivity index is 1.64. The molecule has 3 rings (SSSR count). The first-order chi connectivity index (χ1) is 10.4. The number of hydrogen-bond donors (Lipinski definition) is 1. The zero-order valence-electron chi connectivity index (χ0n) is 12.1.